The van der Waals surface area contributed by atoms with Gasteiger partial charge in [-0.25, -0.2) is 4.68 Å². The fraction of sp³-hybridized carbons (Fsp3) is 0.278. The van der Waals surface area contributed by atoms with Crippen molar-refractivity contribution in [2.75, 3.05) is 11.9 Å². The lowest BCUT2D eigenvalue weighted by Gasteiger charge is -2.13. The maximum absolute atomic E-state index is 12.7. The molecule has 3 N–H and O–H groups in total. The van der Waals surface area contributed by atoms with Crippen molar-refractivity contribution >= 4 is 11.6 Å². The van der Waals surface area contributed by atoms with Gasteiger partial charge in [-0.2, -0.15) is 10.2 Å². The molecule has 1 aliphatic rings. The molecular weight excluding hydrogens is 316 g/mol. The highest BCUT2D eigenvalue weighted by Gasteiger charge is 2.23. The second kappa shape index (κ2) is 6.18. The number of carbonyl (C=O) groups excluding carboxylic acids is 1. The van der Waals surface area contributed by atoms with Gasteiger partial charge in [0.1, 0.15) is 0 Å². The van der Waals surface area contributed by atoms with Crippen LogP contribution in [0.1, 0.15) is 33.1 Å². The molecule has 0 spiro atoms. The minimum absolute atomic E-state index is 0.208. The van der Waals surface area contributed by atoms with Crippen LogP contribution >= 0.6 is 0 Å². The first-order valence-corrected chi connectivity index (χ1v) is 8.35. The van der Waals surface area contributed by atoms with E-state index in [-0.39, 0.29) is 5.91 Å². The van der Waals surface area contributed by atoms with Crippen molar-refractivity contribution in [2.24, 2.45) is 0 Å². The van der Waals surface area contributed by atoms with Gasteiger partial charge >= 0.3 is 0 Å². The molecule has 3 heterocycles. The average molecular weight is 336 g/mol. The smallest absolute Gasteiger partial charge is 0.276 e. The van der Waals surface area contributed by atoms with Crippen molar-refractivity contribution in [1.29, 1.82) is 0 Å². The summed E-state index contributed by atoms with van der Waals surface area (Å²) in [5.74, 6) is -0.208. The minimum Gasteiger partial charge on any atom is -0.317 e. The van der Waals surface area contributed by atoms with Crippen LogP contribution in [0.15, 0.2) is 30.3 Å². The molecule has 128 valence electrons. The molecule has 1 aliphatic heterocycles. The fourth-order valence-corrected chi connectivity index (χ4v) is 3.23. The van der Waals surface area contributed by atoms with Crippen molar-refractivity contribution in [3.05, 3.63) is 58.7 Å². The molecule has 7 heteroatoms. The van der Waals surface area contributed by atoms with Gasteiger partial charge in [0.2, 0.25) is 0 Å². The minimum atomic E-state index is -0.208. The molecule has 0 radical (unpaired) electrons. The summed E-state index contributed by atoms with van der Waals surface area (Å²) < 4.78 is 1.84. The third-order valence-electron chi connectivity index (χ3n) is 4.55. The normalized spacial score (nSPS) is 13.5. The number of aromatic nitrogens is 4. The van der Waals surface area contributed by atoms with Crippen molar-refractivity contribution in [3.8, 4) is 5.69 Å². The maximum atomic E-state index is 12.7. The van der Waals surface area contributed by atoms with E-state index in [0.717, 1.165) is 47.0 Å². The molecule has 1 aromatic carbocycles. The van der Waals surface area contributed by atoms with Crippen LogP contribution in [0.25, 0.3) is 5.69 Å². The Balaban J connectivity index is 1.64. The van der Waals surface area contributed by atoms with Gasteiger partial charge in [-0.05, 0) is 26.0 Å². The van der Waals surface area contributed by atoms with E-state index in [9.17, 15) is 4.79 Å². The molecule has 7 nitrogen and oxygen atoms in total. The number of nitrogens with one attached hydrogen (secondary N) is 3. The number of H-pyrrole nitrogens is 1. The lowest BCUT2D eigenvalue weighted by molar-refractivity contribution is 0.102. The average Bonchev–Trinajstić information content (AvgIpc) is 3.19. The Bertz CT molecular complexity index is 925. The predicted molar refractivity (Wildman–Crippen MR) is 95.0 cm³/mol. The number of carbonyl (C=O) groups is 1. The van der Waals surface area contributed by atoms with E-state index >= 15 is 0 Å². The number of rotatable bonds is 3. The zero-order chi connectivity index (χ0) is 17.4. The van der Waals surface area contributed by atoms with E-state index in [4.69, 9.17) is 0 Å². The van der Waals surface area contributed by atoms with E-state index in [0.29, 0.717) is 12.2 Å². The zero-order valence-corrected chi connectivity index (χ0v) is 14.3. The first-order chi connectivity index (χ1) is 12.1. The van der Waals surface area contributed by atoms with E-state index in [1.54, 1.807) is 0 Å². The Labute approximate surface area is 145 Å². The summed E-state index contributed by atoms with van der Waals surface area (Å²) in [5.41, 5.74) is 5.80. The van der Waals surface area contributed by atoms with Gasteiger partial charge in [-0.3, -0.25) is 9.89 Å². The van der Waals surface area contributed by atoms with Crippen molar-refractivity contribution in [3.63, 3.8) is 0 Å². The monoisotopic (exact) mass is 336 g/mol. The van der Waals surface area contributed by atoms with Crippen molar-refractivity contribution in [2.45, 2.75) is 26.8 Å². The van der Waals surface area contributed by atoms with E-state index in [2.05, 4.69) is 25.9 Å². The first kappa shape index (κ1) is 15.6. The lowest BCUT2D eigenvalue weighted by atomic mass is 10.1. The van der Waals surface area contributed by atoms with Crippen LogP contribution in [0.5, 0.6) is 0 Å². The molecule has 0 saturated heterocycles. The summed E-state index contributed by atoms with van der Waals surface area (Å²) in [4.78, 5) is 12.7. The van der Waals surface area contributed by atoms with Crippen LogP contribution in [-0.4, -0.2) is 32.4 Å². The fourth-order valence-electron chi connectivity index (χ4n) is 3.23. The largest absolute Gasteiger partial charge is 0.317 e. The molecule has 0 aliphatic carbocycles. The molecule has 3 aromatic rings. The number of hydrogen-bond acceptors (Lipinski definition) is 4. The second-order valence-corrected chi connectivity index (χ2v) is 6.20. The second-order valence-electron chi connectivity index (χ2n) is 6.20. The van der Waals surface area contributed by atoms with E-state index < -0.39 is 0 Å². The number of nitrogens with zero attached hydrogens (tertiary/aromatic N) is 3. The van der Waals surface area contributed by atoms with Crippen LogP contribution in [0.4, 0.5) is 5.69 Å². The summed E-state index contributed by atoms with van der Waals surface area (Å²) in [5, 5.41) is 18.0. The number of fused-ring (bicyclic) bond motifs is 1. The summed E-state index contributed by atoms with van der Waals surface area (Å²) in [6, 6.07) is 9.87. The molecule has 0 bridgehead atoms. The molecule has 1 amide bonds. The van der Waals surface area contributed by atoms with Gasteiger partial charge in [0.15, 0.2) is 5.69 Å². The standard InChI is InChI=1S/C18H20N6O/c1-11-16(12(2)24(23-11)13-6-4-3-5-7-13)20-18(25)17-14-10-19-9-8-15(14)21-22-17/h3-7,19H,8-10H2,1-2H3,(H,20,25)(H,21,22). The topological polar surface area (TPSA) is 87.6 Å². The van der Waals surface area contributed by atoms with Gasteiger partial charge < -0.3 is 10.6 Å². The number of hydrogen-bond donors (Lipinski definition) is 3. The summed E-state index contributed by atoms with van der Waals surface area (Å²) in [6.07, 6.45) is 0.861. The molecular formula is C18H20N6O. The van der Waals surface area contributed by atoms with Crippen LogP contribution in [0.3, 0.4) is 0 Å². The van der Waals surface area contributed by atoms with Gasteiger partial charge in [-0.1, -0.05) is 18.2 Å². The summed E-state index contributed by atoms with van der Waals surface area (Å²) in [6.45, 7) is 5.40. The number of amides is 1. The molecule has 4 rings (SSSR count). The lowest BCUT2D eigenvalue weighted by Crippen LogP contribution is -2.25. The summed E-state index contributed by atoms with van der Waals surface area (Å²) in [7, 11) is 0. The quantitative estimate of drug-likeness (QED) is 0.683. The number of aryl methyl sites for hydroxylation is 1. The molecule has 2 aromatic heterocycles. The predicted octanol–water partition coefficient (Wildman–Crippen LogP) is 2.11. The van der Waals surface area contributed by atoms with E-state index in [1.165, 1.54) is 0 Å². The van der Waals surface area contributed by atoms with Crippen molar-refractivity contribution in [1.82, 2.24) is 25.3 Å². The number of anilines is 1. The number of benzene rings is 1. The van der Waals surface area contributed by atoms with Crippen LogP contribution < -0.4 is 10.6 Å². The highest BCUT2D eigenvalue weighted by Crippen LogP contribution is 2.24. The van der Waals surface area contributed by atoms with Crippen LogP contribution in [0, 0.1) is 13.8 Å². The van der Waals surface area contributed by atoms with E-state index in [1.807, 2.05) is 48.9 Å². The van der Waals surface area contributed by atoms with Gasteiger partial charge in [0.05, 0.1) is 22.8 Å². The Kier molecular flexibility index (Phi) is 3.85. The Morgan fingerprint density at radius 2 is 2.04 bits per heavy atom. The highest BCUT2D eigenvalue weighted by atomic mass is 16.2. The van der Waals surface area contributed by atoms with Gasteiger partial charge in [0.25, 0.3) is 5.91 Å². The van der Waals surface area contributed by atoms with Gasteiger partial charge in [0, 0.05) is 30.8 Å². The maximum Gasteiger partial charge on any atom is 0.276 e. The molecule has 0 unspecified atom stereocenters. The first-order valence-electron chi connectivity index (χ1n) is 8.35. The number of aromatic amines is 1. The van der Waals surface area contributed by atoms with Crippen LogP contribution in [0.2, 0.25) is 0 Å². The third kappa shape index (κ3) is 2.72. The highest BCUT2D eigenvalue weighted by molar-refractivity contribution is 6.04. The Morgan fingerprint density at radius 1 is 1.24 bits per heavy atom. The summed E-state index contributed by atoms with van der Waals surface area (Å²) >= 11 is 0. The SMILES string of the molecule is Cc1nn(-c2ccccc2)c(C)c1NC(=O)c1n[nH]c2c1CNCC2. The molecule has 0 fully saturated rings. The Hall–Kier alpha value is -2.93. The molecule has 0 saturated carbocycles. The third-order valence-corrected chi connectivity index (χ3v) is 4.55. The van der Waals surface area contributed by atoms with Crippen LogP contribution in [-0.2, 0) is 13.0 Å². The molecule has 25 heavy (non-hydrogen) atoms. The molecule has 0 atom stereocenters. The van der Waals surface area contributed by atoms with Gasteiger partial charge in [-0.15, -0.1) is 0 Å². The Morgan fingerprint density at radius 3 is 2.84 bits per heavy atom. The van der Waals surface area contributed by atoms with Crippen molar-refractivity contribution < 1.29 is 4.79 Å². The zero-order valence-electron chi connectivity index (χ0n) is 14.3. The number of para-hydroxylation sites is 1.